The number of pyridine rings is 1. The van der Waals surface area contributed by atoms with Gasteiger partial charge in [-0.3, -0.25) is 0 Å². The Morgan fingerprint density at radius 3 is 2.68 bits per heavy atom. The number of aromatic nitrogens is 1. The van der Waals surface area contributed by atoms with Crippen LogP contribution in [-0.2, 0) is 0 Å². The molecule has 0 amide bonds. The molecule has 3 heteroatoms. The Bertz CT molecular complexity index is 526. The van der Waals surface area contributed by atoms with Gasteiger partial charge >= 0.3 is 0 Å². The second-order valence-electron chi connectivity index (χ2n) is 4.28. The Balaban J connectivity index is 2.32. The maximum atomic E-state index is 5.78. The molecule has 0 aliphatic carbocycles. The first kappa shape index (κ1) is 13.4. The number of hydrogen-bond acceptors (Lipinski definition) is 3. The van der Waals surface area contributed by atoms with Gasteiger partial charge in [0.15, 0.2) is 0 Å². The zero-order chi connectivity index (χ0) is 13.5. The van der Waals surface area contributed by atoms with E-state index >= 15 is 0 Å². The van der Waals surface area contributed by atoms with Crippen LogP contribution in [0, 0.1) is 0 Å². The van der Waals surface area contributed by atoms with Crippen LogP contribution in [0.1, 0.15) is 20.3 Å². The van der Waals surface area contributed by atoms with Crippen molar-refractivity contribution >= 4 is 5.82 Å². The number of rotatable bonds is 6. The van der Waals surface area contributed by atoms with Gasteiger partial charge in [-0.15, -0.1) is 0 Å². The quantitative estimate of drug-likeness (QED) is 0.849. The predicted octanol–water partition coefficient (Wildman–Crippen LogP) is 3.97. The fraction of sp³-hybridized carbons (Fsp3) is 0.312. The molecule has 0 saturated heterocycles. The van der Waals surface area contributed by atoms with E-state index in [1.165, 1.54) is 0 Å². The molecule has 0 atom stereocenters. The summed E-state index contributed by atoms with van der Waals surface area (Å²) < 4.78 is 5.78. The van der Waals surface area contributed by atoms with Crippen LogP contribution in [0.25, 0.3) is 11.3 Å². The van der Waals surface area contributed by atoms with Gasteiger partial charge in [0.2, 0.25) is 0 Å². The van der Waals surface area contributed by atoms with Gasteiger partial charge in [0, 0.05) is 12.1 Å². The molecule has 0 fully saturated rings. The summed E-state index contributed by atoms with van der Waals surface area (Å²) >= 11 is 0. The first-order valence-corrected chi connectivity index (χ1v) is 6.78. The SMILES string of the molecule is CCCOc1ccccc1-c1cccc(NCC)n1. The fourth-order valence-electron chi connectivity index (χ4n) is 1.88. The van der Waals surface area contributed by atoms with Gasteiger partial charge in [0.05, 0.1) is 12.3 Å². The van der Waals surface area contributed by atoms with E-state index in [2.05, 4.69) is 24.1 Å². The van der Waals surface area contributed by atoms with Crippen LogP contribution in [0.15, 0.2) is 42.5 Å². The Labute approximate surface area is 114 Å². The van der Waals surface area contributed by atoms with Crippen LogP contribution in [0.4, 0.5) is 5.82 Å². The van der Waals surface area contributed by atoms with Crippen molar-refractivity contribution in [1.82, 2.24) is 4.98 Å². The van der Waals surface area contributed by atoms with E-state index in [0.717, 1.165) is 42.4 Å². The van der Waals surface area contributed by atoms with E-state index in [1.807, 2.05) is 42.5 Å². The topological polar surface area (TPSA) is 34.1 Å². The molecule has 2 aromatic rings. The number of ether oxygens (including phenoxy) is 1. The number of para-hydroxylation sites is 1. The summed E-state index contributed by atoms with van der Waals surface area (Å²) in [4.78, 5) is 4.61. The average molecular weight is 256 g/mol. The standard InChI is InChI=1S/C16H20N2O/c1-3-12-19-15-10-6-5-8-13(15)14-9-7-11-16(18-14)17-4-2/h5-11H,3-4,12H2,1-2H3,(H,17,18). The van der Waals surface area contributed by atoms with Crippen LogP contribution in [0.3, 0.4) is 0 Å². The van der Waals surface area contributed by atoms with E-state index in [-0.39, 0.29) is 0 Å². The molecule has 2 rings (SSSR count). The van der Waals surface area contributed by atoms with Gasteiger partial charge in [-0.05, 0) is 37.6 Å². The molecule has 100 valence electrons. The van der Waals surface area contributed by atoms with Crippen molar-refractivity contribution in [2.45, 2.75) is 20.3 Å². The molecular weight excluding hydrogens is 236 g/mol. The lowest BCUT2D eigenvalue weighted by Crippen LogP contribution is -2.01. The number of hydrogen-bond donors (Lipinski definition) is 1. The second-order valence-corrected chi connectivity index (χ2v) is 4.28. The number of nitrogens with one attached hydrogen (secondary N) is 1. The zero-order valence-electron chi connectivity index (χ0n) is 11.5. The molecule has 1 heterocycles. The minimum atomic E-state index is 0.726. The number of anilines is 1. The van der Waals surface area contributed by atoms with Gasteiger partial charge < -0.3 is 10.1 Å². The van der Waals surface area contributed by atoms with E-state index < -0.39 is 0 Å². The third kappa shape index (κ3) is 3.47. The highest BCUT2D eigenvalue weighted by molar-refractivity contribution is 5.68. The lowest BCUT2D eigenvalue weighted by atomic mass is 10.1. The molecule has 3 nitrogen and oxygen atoms in total. The zero-order valence-corrected chi connectivity index (χ0v) is 11.5. The van der Waals surface area contributed by atoms with Crippen molar-refractivity contribution in [3.63, 3.8) is 0 Å². The Kier molecular flexibility index (Phi) is 4.78. The number of benzene rings is 1. The van der Waals surface area contributed by atoms with Gasteiger partial charge in [-0.25, -0.2) is 4.98 Å². The summed E-state index contributed by atoms with van der Waals surface area (Å²) in [5.41, 5.74) is 1.97. The van der Waals surface area contributed by atoms with E-state index in [0.29, 0.717) is 0 Å². The van der Waals surface area contributed by atoms with Gasteiger partial charge in [0.25, 0.3) is 0 Å². The highest BCUT2D eigenvalue weighted by Crippen LogP contribution is 2.29. The molecule has 0 aliphatic heterocycles. The molecule has 0 spiro atoms. The molecule has 0 bridgehead atoms. The molecule has 1 aromatic carbocycles. The maximum Gasteiger partial charge on any atom is 0.128 e. The summed E-state index contributed by atoms with van der Waals surface area (Å²) in [5, 5.41) is 3.23. The maximum absolute atomic E-state index is 5.78. The van der Waals surface area contributed by atoms with Crippen molar-refractivity contribution in [3.05, 3.63) is 42.5 Å². The average Bonchev–Trinajstić information content (AvgIpc) is 2.46. The Morgan fingerprint density at radius 2 is 1.89 bits per heavy atom. The first-order valence-electron chi connectivity index (χ1n) is 6.78. The summed E-state index contributed by atoms with van der Waals surface area (Å²) in [6.07, 6.45) is 0.999. The van der Waals surface area contributed by atoms with Crippen molar-refractivity contribution in [3.8, 4) is 17.0 Å². The molecule has 1 aromatic heterocycles. The van der Waals surface area contributed by atoms with E-state index in [4.69, 9.17) is 4.74 Å². The lowest BCUT2D eigenvalue weighted by molar-refractivity contribution is 0.318. The van der Waals surface area contributed by atoms with Gasteiger partial charge in [-0.2, -0.15) is 0 Å². The highest BCUT2D eigenvalue weighted by Gasteiger charge is 2.07. The summed E-state index contributed by atoms with van der Waals surface area (Å²) in [6, 6.07) is 14.0. The Hall–Kier alpha value is -2.03. The molecule has 19 heavy (non-hydrogen) atoms. The number of nitrogens with zero attached hydrogens (tertiary/aromatic N) is 1. The lowest BCUT2D eigenvalue weighted by Gasteiger charge is -2.11. The second kappa shape index (κ2) is 6.78. The van der Waals surface area contributed by atoms with Crippen molar-refractivity contribution in [2.75, 3.05) is 18.5 Å². The molecule has 0 radical (unpaired) electrons. The molecule has 1 N–H and O–H groups in total. The fourth-order valence-corrected chi connectivity index (χ4v) is 1.88. The van der Waals surface area contributed by atoms with Crippen molar-refractivity contribution < 1.29 is 4.74 Å². The van der Waals surface area contributed by atoms with Crippen LogP contribution >= 0.6 is 0 Å². The van der Waals surface area contributed by atoms with Crippen LogP contribution in [-0.4, -0.2) is 18.1 Å². The van der Waals surface area contributed by atoms with Crippen LogP contribution in [0.2, 0.25) is 0 Å². The predicted molar refractivity (Wildman–Crippen MR) is 79.6 cm³/mol. The van der Waals surface area contributed by atoms with Crippen molar-refractivity contribution in [1.29, 1.82) is 0 Å². The van der Waals surface area contributed by atoms with E-state index in [9.17, 15) is 0 Å². The van der Waals surface area contributed by atoms with E-state index in [1.54, 1.807) is 0 Å². The van der Waals surface area contributed by atoms with Crippen molar-refractivity contribution in [2.24, 2.45) is 0 Å². The summed E-state index contributed by atoms with van der Waals surface area (Å²) in [7, 11) is 0. The third-order valence-corrected chi connectivity index (χ3v) is 2.73. The summed E-state index contributed by atoms with van der Waals surface area (Å²) in [6.45, 7) is 5.76. The normalized spacial score (nSPS) is 10.2. The molecule has 0 unspecified atom stereocenters. The Morgan fingerprint density at radius 1 is 1.05 bits per heavy atom. The molecule has 0 aliphatic rings. The monoisotopic (exact) mass is 256 g/mol. The minimum Gasteiger partial charge on any atom is -0.493 e. The van der Waals surface area contributed by atoms with Gasteiger partial charge in [0.1, 0.15) is 11.6 Å². The first-order chi connectivity index (χ1) is 9.35. The molecule has 0 saturated carbocycles. The van der Waals surface area contributed by atoms with Crippen LogP contribution in [0.5, 0.6) is 5.75 Å². The van der Waals surface area contributed by atoms with Gasteiger partial charge in [-0.1, -0.05) is 25.1 Å². The third-order valence-electron chi connectivity index (χ3n) is 2.73. The summed E-state index contributed by atoms with van der Waals surface area (Å²) in [5.74, 6) is 1.79. The van der Waals surface area contributed by atoms with Crippen LogP contribution < -0.4 is 10.1 Å². The minimum absolute atomic E-state index is 0.726. The smallest absolute Gasteiger partial charge is 0.128 e. The highest BCUT2D eigenvalue weighted by atomic mass is 16.5. The largest absolute Gasteiger partial charge is 0.493 e. The molecular formula is C16H20N2O.